The average Bonchev–Trinajstić information content (AvgIpc) is 3.26. The van der Waals surface area contributed by atoms with Crippen molar-refractivity contribution in [2.75, 3.05) is 12.4 Å². The Morgan fingerprint density at radius 2 is 2.08 bits per heavy atom. The summed E-state index contributed by atoms with van der Waals surface area (Å²) in [6.45, 7) is 1.94. The van der Waals surface area contributed by atoms with Crippen LogP contribution in [0.1, 0.15) is 23.7 Å². The number of aryl methyl sites for hydroxylation is 1. The summed E-state index contributed by atoms with van der Waals surface area (Å²) >= 11 is 0. The molecule has 1 aliphatic heterocycles. The quantitative estimate of drug-likeness (QED) is 0.751. The van der Waals surface area contributed by atoms with Crippen LogP contribution in [-0.4, -0.2) is 43.5 Å². The van der Waals surface area contributed by atoms with Crippen LogP contribution in [-0.2, 0) is 16.6 Å². The monoisotopic (exact) mass is 352 g/mol. The first-order chi connectivity index (χ1) is 12.5. The minimum atomic E-state index is -0.497. The van der Waals surface area contributed by atoms with Gasteiger partial charge in [-0.2, -0.15) is 5.10 Å². The first-order valence-corrected chi connectivity index (χ1v) is 8.45. The highest BCUT2D eigenvalue weighted by Crippen LogP contribution is 2.38. The molecular formula is C18H20N6O2. The van der Waals surface area contributed by atoms with E-state index in [1.54, 1.807) is 22.8 Å². The fourth-order valence-electron chi connectivity index (χ4n) is 3.56. The number of aromatic nitrogens is 4. The second-order valence-electron chi connectivity index (χ2n) is 6.66. The lowest BCUT2D eigenvalue weighted by Gasteiger charge is -2.24. The maximum absolute atomic E-state index is 12.9. The number of likely N-dealkylation sites (tertiary alicyclic amines) is 1. The number of rotatable bonds is 3. The lowest BCUT2D eigenvalue weighted by atomic mass is 9.93. The molecule has 8 heteroatoms. The normalized spacial score (nSPS) is 20.1. The number of fused-ring (bicyclic) bond motifs is 1. The lowest BCUT2D eigenvalue weighted by molar-refractivity contribution is -0.128. The van der Waals surface area contributed by atoms with Crippen molar-refractivity contribution in [3.8, 4) is 0 Å². The molecule has 0 saturated carbocycles. The Labute approximate surface area is 150 Å². The van der Waals surface area contributed by atoms with E-state index >= 15 is 0 Å². The first kappa shape index (κ1) is 16.3. The Bertz CT molecular complexity index is 971. The molecule has 134 valence electrons. The molecule has 0 radical (unpaired) electrons. The van der Waals surface area contributed by atoms with Crippen molar-refractivity contribution in [2.24, 2.45) is 13.0 Å². The van der Waals surface area contributed by atoms with Gasteiger partial charge < -0.3 is 9.88 Å². The van der Waals surface area contributed by atoms with Crippen molar-refractivity contribution in [3.05, 3.63) is 41.7 Å². The van der Waals surface area contributed by atoms with Gasteiger partial charge in [-0.05, 0) is 19.1 Å². The standard InChI is InChI=1S/C18H20N6O2/c1-10-12(9-19-24(10)3)16-11(8-15(25)23(16)2)17(26)22-18-20-13-6-4-5-7-14(13)21-18/h4-7,9,11,16H,8H2,1-3H3,(H2,20,21,22,26)/t11-,16-/m0/s1. The van der Waals surface area contributed by atoms with Gasteiger partial charge in [0.2, 0.25) is 17.8 Å². The zero-order chi connectivity index (χ0) is 18.4. The summed E-state index contributed by atoms with van der Waals surface area (Å²) in [6, 6.07) is 7.22. The number of hydrogen-bond donors (Lipinski definition) is 2. The first-order valence-electron chi connectivity index (χ1n) is 8.45. The van der Waals surface area contributed by atoms with Crippen molar-refractivity contribution in [1.82, 2.24) is 24.6 Å². The number of H-pyrrole nitrogens is 1. The molecule has 4 rings (SSSR count). The van der Waals surface area contributed by atoms with E-state index in [-0.39, 0.29) is 24.3 Å². The third-order valence-electron chi connectivity index (χ3n) is 5.15. The number of carbonyl (C=O) groups excluding carboxylic acids is 2. The molecule has 3 heterocycles. The molecule has 2 amide bonds. The SMILES string of the molecule is Cc1c([C@@H]2[C@@H](C(=O)Nc3nc4ccccc4[nH]3)CC(=O)N2C)cnn1C. The van der Waals surface area contributed by atoms with Crippen LogP contribution in [0.4, 0.5) is 5.95 Å². The van der Waals surface area contributed by atoms with Gasteiger partial charge in [0.15, 0.2) is 0 Å². The minimum Gasteiger partial charge on any atom is -0.338 e. The summed E-state index contributed by atoms with van der Waals surface area (Å²) in [5.74, 6) is -0.388. The second-order valence-corrected chi connectivity index (χ2v) is 6.66. The van der Waals surface area contributed by atoms with Crippen LogP contribution >= 0.6 is 0 Å². The van der Waals surface area contributed by atoms with Gasteiger partial charge in [0.25, 0.3) is 0 Å². The van der Waals surface area contributed by atoms with Gasteiger partial charge in [0, 0.05) is 31.8 Å². The van der Waals surface area contributed by atoms with E-state index in [1.165, 1.54) is 0 Å². The summed E-state index contributed by atoms with van der Waals surface area (Å²) in [5, 5.41) is 7.08. The minimum absolute atomic E-state index is 0.0528. The van der Waals surface area contributed by atoms with Crippen LogP contribution in [0.3, 0.4) is 0 Å². The highest BCUT2D eigenvalue weighted by atomic mass is 16.2. The number of amides is 2. The molecule has 8 nitrogen and oxygen atoms in total. The fourth-order valence-corrected chi connectivity index (χ4v) is 3.56. The third-order valence-corrected chi connectivity index (χ3v) is 5.15. The summed E-state index contributed by atoms with van der Waals surface area (Å²) < 4.78 is 1.75. The van der Waals surface area contributed by atoms with E-state index in [9.17, 15) is 9.59 Å². The summed E-state index contributed by atoms with van der Waals surface area (Å²) in [5.41, 5.74) is 3.47. The number of para-hydroxylation sites is 2. The van der Waals surface area contributed by atoms with Gasteiger partial charge in [-0.3, -0.25) is 19.6 Å². The number of hydrogen-bond acceptors (Lipinski definition) is 4. The molecule has 2 N–H and O–H groups in total. The van der Waals surface area contributed by atoms with Crippen molar-refractivity contribution >= 4 is 28.8 Å². The highest BCUT2D eigenvalue weighted by Gasteiger charge is 2.44. The Balaban J connectivity index is 1.62. The van der Waals surface area contributed by atoms with E-state index in [2.05, 4.69) is 20.4 Å². The van der Waals surface area contributed by atoms with Crippen LogP contribution in [0.15, 0.2) is 30.5 Å². The van der Waals surface area contributed by atoms with Gasteiger partial charge in [-0.15, -0.1) is 0 Å². The summed E-state index contributed by atoms with van der Waals surface area (Å²) in [6.07, 6.45) is 1.90. The Morgan fingerprint density at radius 1 is 1.31 bits per heavy atom. The van der Waals surface area contributed by atoms with Crippen LogP contribution in [0.5, 0.6) is 0 Å². The Kier molecular flexibility index (Phi) is 3.75. The number of anilines is 1. The molecule has 1 aliphatic rings. The smallest absolute Gasteiger partial charge is 0.232 e. The predicted octanol–water partition coefficient (Wildman–Crippen LogP) is 1.76. The molecule has 1 aromatic carbocycles. The predicted molar refractivity (Wildman–Crippen MR) is 96.3 cm³/mol. The van der Waals surface area contributed by atoms with E-state index in [0.717, 1.165) is 22.3 Å². The maximum atomic E-state index is 12.9. The molecule has 0 unspecified atom stereocenters. The van der Waals surface area contributed by atoms with E-state index in [1.807, 2.05) is 38.2 Å². The van der Waals surface area contributed by atoms with E-state index < -0.39 is 5.92 Å². The van der Waals surface area contributed by atoms with Crippen LogP contribution in [0, 0.1) is 12.8 Å². The number of carbonyl (C=O) groups is 2. The molecule has 0 aliphatic carbocycles. The van der Waals surface area contributed by atoms with Crippen molar-refractivity contribution in [3.63, 3.8) is 0 Å². The molecule has 0 bridgehead atoms. The van der Waals surface area contributed by atoms with Crippen molar-refractivity contribution in [2.45, 2.75) is 19.4 Å². The van der Waals surface area contributed by atoms with E-state index in [0.29, 0.717) is 5.95 Å². The molecule has 1 fully saturated rings. The third kappa shape index (κ3) is 2.54. The Hall–Kier alpha value is -3.16. The number of aromatic amines is 1. The van der Waals surface area contributed by atoms with Gasteiger partial charge in [0.05, 0.1) is 29.2 Å². The van der Waals surface area contributed by atoms with Gasteiger partial charge in [-0.25, -0.2) is 4.98 Å². The Morgan fingerprint density at radius 3 is 2.77 bits per heavy atom. The number of imidazole rings is 1. The van der Waals surface area contributed by atoms with Crippen molar-refractivity contribution < 1.29 is 9.59 Å². The second kappa shape index (κ2) is 5.98. The van der Waals surface area contributed by atoms with Crippen LogP contribution < -0.4 is 5.32 Å². The topological polar surface area (TPSA) is 95.9 Å². The molecular weight excluding hydrogens is 332 g/mol. The summed E-state index contributed by atoms with van der Waals surface area (Å²) in [4.78, 5) is 34.3. The fraction of sp³-hybridized carbons (Fsp3) is 0.333. The largest absolute Gasteiger partial charge is 0.338 e. The van der Waals surface area contributed by atoms with Gasteiger partial charge in [-0.1, -0.05) is 12.1 Å². The number of nitrogens with one attached hydrogen (secondary N) is 2. The van der Waals surface area contributed by atoms with Crippen molar-refractivity contribution in [1.29, 1.82) is 0 Å². The average molecular weight is 352 g/mol. The zero-order valence-corrected chi connectivity index (χ0v) is 14.9. The molecule has 1 saturated heterocycles. The van der Waals surface area contributed by atoms with Gasteiger partial charge in [0.1, 0.15) is 0 Å². The summed E-state index contributed by atoms with van der Waals surface area (Å²) in [7, 11) is 3.58. The highest BCUT2D eigenvalue weighted by molar-refractivity contribution is 5.97. The van der Waals surface area contributed by atoms with Gasteiger partial charge >= 0.3 is 0 Å². The number of nitrogens with zero attached hydrogens (tertiary/aromatic N) is 4. The van der Waals surface area contributed by atoms with Crippen LogP contribution in [0.2, 0.25) is 0 Å². The molecule has 3 aromatic rings. The van der Waals surface area contributed by atoms with Crippen LogP contribution in [0.25, 0.3) is 11.0 Å². The molecule has 2 aromatic heterocycles. The number of benzene rings is 1. The molecule has 2 atom stereocenters. The zero-order valence-electron chi connectivity index (χ0n) is 14.9. The lowest BCUT2D eigenvalue weighted by Crippen LogP contribution is -2.30. The maximum Gasteiger partial charge on any atom is 0.232 e. The molecule has 0 spiro atoms. The van der Waals surface area contributed by atoms with E-state index in [4.69, 9.17) is 0 Å². The molecule has 26 heavy (non-hydrogen) atoms.